The molecule has 132 valence electrons. The van der Waals surface area contributed by atoms with Gasteiger partial charge in [-0.2, -0.15) is 0 Å². The van der Waals surface area contributed by atoms with Crippen molar-refractivity contribution in [2.75, 3.05) is 10.6 Å². The maximum Gasteiger partial charge on any atom is 0.253 e. The van der Waals surface area contributed by atoms with Crippen LogP contribution < -0.4 is 16.4 Å². The van der Waals surface area contributed by atoms with Gasteiger partial charge in [0.15, 0.2) is 5.84 Å². The number of aliphatic imine (C=N–C) groups is 3. The molecule has 9 nitrogen and oxygen atoms in total. The van der Waals surface area contributed by atoms with Crippen LogP contribution in [0.25, 0.3) is 5.57 Å². The molecule has 0 saturated heterocycles. The number of hydrogen-bond donors (Lipinski definition) is 5. The first kappa shape index (κ1) is 15.1. The largest absolute Gasteiger partial charge is 0.365 e. The van der Waals surface area contributed by atoms with Gasteiger partial charge in [-0.25, -0.2) is 15.0 Å². The van der Waals surface area contributed by atoms with Gasteiger partial charge in [-0.1, -0.05) is 0 Å². The van der Waals surface area contributed by atoms with Crippen LogP contribution in [0.1, 0.15) is 5.69 Å². The minimum Gasteiger partial charge on any atom is -0.365 e. The van der Waals surface area contributed by atoms with Crippen LogP contribution in [0.2, 0.25) is 0 Å². The van der Waals surface area contributed by atoms with Crippen LogP contribution >= 0.6 is 0 Å². The van der Waals surface area contributed by atoms with Crippen LogP contribution in [0.15, 0.2) is 69.2 Å². The van der Waals surface area contributed by atoms with Crippen LogP contribution in [0.3, 0.4) is 0 Å². The maximum absolute atomic E-state index is 12.1. The first-order valence-corrected chi connectivity index (χ1v) is 8.23. The minimum atomic E-state index is -0.566. The summed E-state index contributed by atoms with van der Waals surface area (Å²) in [7, 11) is 0. The molecule has 6 N–H and O–H groups in total. The zero-order chi connectivity index (χ0) is 18.4. The molecular formula is C18H14N8O. The predicted molar refractivity (Wildman–Crippen MR) is 105 cm³/mol. The molecular weight excluding hydrogens is 344 g/mol. The second-order valence-electron chi connectivity index (χ2n) is 6.05. The molecule has 0 spiro atoms. The molecule has 3 aliphatic heterocycles. The van der Waals surface area contributed by atoms with E-state index < -0.39 is 5.91 Å². The predicted octanol–water partition coefficient (Wildman–Crippen LogP) is 2.04. The minimum absolute atomic E-state index is 0.307. The van der Waals surface area contributed by atoms with E-state index in [1.165, 1.54) is 0 Å². The maximum atomic E-state index is 12.1. The lowest BCUT2D eigenvalue weighted by atomic mass is 10.1. The Morgan fingerprint density at radius 1 is 0.815 bits per heavy atom. The molecule has 2 aromatic heterocycles. The van der Waals surface area contributed by atoms with Gasteiger partial charge in [0.05, 0.1) is 17.0 Å². The number of H-pyrrole nitrogens is 2. The number of aromatic amines is 2. The van der Waals surface area contributed by atoms with Crippen LogP contribution in [-0.2, 0) is 4.79 Å². The van der Waals surface area contributed by atoms with E-state index in [1.807, 2.05) is 24.3 Å². The van der Waals surface area contributed by atoms with E-state index >= 15 is 0 Å². The highest BCUT2D eigenvalue weighted by molar-refractivity contribution is 6.22. The van der Waals surface area contributed by atoms with E-state index in [-0.39, 0.29) is 0 Å². The number of amides is 1. The number of nitrogens with zero attached hydrogens (tertiary/aromatic N) is 3. The molecule has 0 fully saturated rings. The van der Waals surface area contributed by atoms with Crippen molar-refractivity contribution in [3.8, 4) is 0 Å². The number of allylic oxidation sites excluding steroid dienone is 1. The van der Waals surface area contributed by atoms with Gasteiger partial charge >= 0.3 is 0 Å². The van der Waals surface area contributed by atoms with Crippen LogP contribution in [0, 0.1) is 0 Å². The van der Waals surface area contributed by atoms with E-state index in [0.29, 0.717) is 46.1 Å². The average Bonchev–Trinajstić information content (AvgIpc) is 3.39. The standard InChI is InChI=1S/C18H14N8O/c19-18(27)17-9-1-3-11(20-9)22-13-5-7-15(24-13)26-16-8-6-14(25-16)23-12-4-2-10(17)21-12/h1-8H,(H2,19,27)(H4,20,21,22,23,24,25,26). The summed E-state index contributed by atoms with van der Waals surface area (Å²) in [5.41, 5.74) is 6.97. The molecule has 8 bridgehead atoms. The molecule has 9 heteroatoms. The Hall–Kier alpha value is -4.14. The topological polar surface area (TPSA) is 136 Å². The highest BCUT2D eigenvalue weighted by Crippen LogP contribution is 2.25. The Morgan fingerprint density at radius 2 is 1.56 bits per heavy atom. The molecule has 1 amide bonds. The summed E-state index contributed by atoms with van der Waals surface area (Å²) >= 11 is 0. The van der Waals surface area contributed by atoms with Crippen molar-refractivity contribution >= 4 is 46.4 Å². The fourth-order valence-corrected chi connectivity index (χ4v) is 2.99. The van der Waals surface area contributed by atoms with Gasteiger partial charge in [0.1, 0.15) is 29.1 Å². The first-order chi connectivity index (χ1) is 13.1. The number of hydrogen-bond acceptors (Lipinski definition) is 6. The summed E-state index contributed by atoms with van der Waals surface area (Å²) in [5.74, 6) is 3.28. The van der Waals surface area contributed by atoms with Gasteiger partial charge in [0, 0.05) is 0 Å². The smallest absolute Gasteiger partial charge is 0.253 e. The van der Waals surface area contributed by atoms with Crippen molar-refractivity contribution < 1.29 is 4.79 Å². The second-order valence-corrected chi connectivity index (χ2v) is 6.05. The van der Waals surface area contributed by atoms with Gasteiger partial charge in [-0.3, -0.25) is 4.79 Å². The molecule has 5 heterocycles. The molecule has 0 aromatic carbocycles. The Labute approximate surface area is 153 Å². The number of rotatable bonds is 1. The third kappa shape index (κ3) is 2.76. The fourth-order valence-electron chi connectivity index (χ4n) is 2.99. The van der Waals surface area contributed by atoms with Crippen molar-refractivity contribution in [2.45, 2.75) is 0 Å². The van der Waals surface area contributed by atoms with Crippen molar-refractivity contribution in [1.29, 1.82) is 0 Å². The Morgan fingerprint density at radius 3 is 2.41 bits per heavy atom. The monoisotopic (exact) mass is 358 g/mol. The van der Waals surface area contributed by atoms with Crippen LogP contribution in [-0.4, -0.2) is 33.4 Å². The van der Waals surface area contributed by atoms with Gasteiger partial charge in [-0.05, 0) is 48.6 Å². The number of fused-ring (bicyclic) bond motifs is 6. The fraction of sp³-hybridized carbons (Fsp3) is 0. The summed E-state index contributed by atoms with van der Waals surface area (Å²) < 4.78 is 0. The molecule has 2 aromatic rings. The summed E-state index contributed by atoms with van der Waals surface area (Å²) in [4.78, 5) is 31.7. The average molecular weight is 358 g/mol. The van der Waals surface area contributed by atoms with E-state index in [2.05, 4.69) is 35.6 Å². The Kier molecular flexibility index (Phi) is 3.20. The Balaban J connectivity index is 1.65. The van der Waals surface area contributed by atoms with Crippen molar-refractivity contribution in [3.63, 3.8) is 0 Å². The molecule has 5 rings (SSSR count). The molecule has 0 atom stereocenters. The number of amidine groups is 3. The summed E-state index contributed by atoms with van der Waals surface area (Å²) in [6, 6.07) is 7.26. The number of nitrogens with one attached hydrogen (secondary N) is 4. The quantitative estimate of drug-likeness (QED) is 0.533. The highest BCUT2D eigenvalue weighted by Gasteiger charge is 2.19. The lowest BCUT2D eigenvalue weighted by Crippen LogP contribution is -2.15. The number of carbonyl (C=O) groups excluding carboxylic acids is 1. The number of anilines is 2. The van der Waals surface area contributed by atoms with E-state index in [4.69, 9.17) is 5.73 Å². The van der Waals surface area contributed by atoms with Crippen molar-refractivity contribution in [2.24, 2.45) is 20.7 Å². The number of carbonyl (C=O) groups is 1. The summed E-state index contributed by atoms with van der Waals surface area (Å²) in [6.07, 6.45) is 7.15. The van der Waals surface area contributed by atoms with Crippen LogP contribution in [0.5, 0.6) is 0 Å². The van der Waals surface area contributed by atoms with Crippen LogP contribution in [0.4, 0.5) is 17.5 Å². The van der Waals surface area contributed by atoms with Gasteiger partial charge in [0.2, 0.25) is 0 Å². The molecule has 0 saturated carbocycles. The van der Waals surface area contributed by atoms with E-state index in [1.54, 1.807) is 24.3 Å². The van der Waals surface area contributed by atoms with Gasteiger partial charge in [-0.15, -0.1) is 0 Å². The molecule has 0 unspecified atom stereocenters. The second kappa shape index (κ2) is 5.70. The Bertz CT molecular complexity index is 1150. The van der Waals surface area contributed by atoms with Gasteiger partial charge in [0.25, 0.3) is 5.91 Å². The molecule has 27 heavy (non-hydrogen) atoms. The van der Waals surface area contributed by atoms with Gasteiger partial charge < -0.3 is 26.3 Å². The normalized spacial score (nSPS) is 17.3. The lowest BCUT2D eigenvalue weighted by molar-refractivity contribution is -0.112. The zero-order valence-corrected chi connectivity index (χ0v) is 13.9. The molecule has 0 radical (unpaired) electrons. The SMILES string of the molecule is NC(=O)C1=C2C=CC(=N2)Nc2ccc([nH]2)N=C2C=CC(=N2)Nc2ccc1[nH]2. The molecule has 3 aliphatic rings. The third-order valence-electron chi connectivity index (χ3n) is 4.15. The lowest BCUT2D eigenvalue weighted by Gasteiger charge is -2.05. The number of primary amides is 1. The summed E-state index contributed by atoms with van der Waals surface area (Å²) in [5, 5.41) is 6.30. The number of nitrogens with two attached hydrogens (primary N) is 1. The van der Waals surface area contributed by atoms with E-state index in [9.17, 15) is 4.79 Å². The van der Waals surface area contributed by atoms with Crippen molar-refractivity contribution in [3.05, 3.63) is 60.0 Å². The first-order valence-electron chi connectivity index (χ1n) is 8.23. The zero-order valence-electron chi connectivity index (χ0n) is 13.9. The van der Waals surface area contributed by atoms with E-state index in [0.717, 1.165) is 5.82 Å². The third-order valence-corrected chi connectivity index (χ3v) is 4.15. The highest BCUT2D eigenvalue weighted by atomic mass is 16.1. The number of aromatic nitrogens is 2. The van der Waals surface area contributed by atoms with Crippen molar-refractivity contribution in [1.82, 2.24) is 9.97 Å². The summed E-state index contributed by atoms with van der Waals surface area (Å²) in [6.45, 7) is 0. The molecule has 0 aliphatic carbocycles.